The highest BCUT2D eigenvalue weighted by Gasteiger charge is 2.16. The summed E-state index contributed by atoms with van der Waals surface area (Å²) >= 11 is 15.5. The number of aliphatic hydroxyl groups is 1. The van der Waals surface area contributed by atoms with Crippen LogP contribution in [0.1, 0.15) is 17.2 Å². The van der Waals surface area contributed by atoms with Gasteiger partial charge < -0.3 is 9.84 Å². The highest BCUT2D eigenvalue weighted by molar-refractivity contribution is 9.10. The molecule has 1 unspecified atom stereocenters. The van der Waals surface area contributed by atoms with Crippen molar-refractivity contribution < 1.29 is 9.84 Å². The third-order valence-electron chi connectivity index (χ3n) is 3.00. The van der Waals surface area contributed by atoms with E-state index in [0.717, 1.165) is 10.0 Å². The van der Waals surface area contributed by atoms with E-state index in [1.807, 2.05) is 30.3 Å². The minimum Gasteiger partial charge on any atom is -0.496 e. The molecule has 0 fully saturated rings. The first-order valence-electron chi connectivity index (χ1n) is 5.97. The van der Waals surface area contributed by atoms with Crippen LogP contribution in [0, 0.1) is 0 Å². The lowest BCUT2D eigenvalue weighted by Crippen LogP contribution is -2.05. The lowest BCUT2D eigenvalue weighted by atomic mass is 10.0. The van der Waals surface area contributed by atoms with Gasteiger partial charge in [0, 0.05) is 16.5 Å². The molecule has 0 aliphatic heterocycles. The number of benzene rings is 2. The number of hydrogen-bond donors (Lipinski definition) is 1. The van der Waals surface area contributed by atoms with Crippen molar-refractivity contribution in [3.8, 4) is 5.75 Å². The van der Waals surface area contributed by atoms with Crippen molar-refractivity contribution in [3.63, 3.8) is 0 Å². The molecule has 0 radical (unpaired) electrons. The van der Waals surface area contributed by atoms with Crippen molar-refractivity contribution >= 4 is 39.1 Å². The van der Waals surface area contributed by atoms with Crippen LogP contribution in [0.15, 0.2) is 40.9 Å². The van der Waals surface area contributed by atoms with E-state index in [2.05, 4.69) is 15.9 Å². The molecule has 0 aromatic heterocycles. The minimum absolute atomic E-state index is 0.367. The quantitative estimate of drug-likeness (QED) is 0.810. The predicted molar refractivity (Wildman–Crippen MR) is 85.8 cm³/mol. The predicted octanol–water partition coefficient (Wildman–Crippen LogP) is 5.04. The summed E-state index contributed by atoms with van der Waals surface area (Å²) in [6.45, 7) is 0. The van der Waals surface area contributed by atoms with Crippen LogP contribution in [0.2, 0.25) is 10.0 Å². The third kappa shape index (κ3) is 3.47. The molecule has 2 rings (SSSR count). The zero-order chi connectivity index (χ0) is 14.7. The van der Waals surface area contributed by atoms with Gasteiger partial charge in [-0.1, -0.05) is 51.3 Å². The lowest BCUT2D eigenvalue weighted by molar-refractivity contribution is 0.174. The third-order valence-corrected chi connectivity index (χ3v) is 4.35. The van der Waals surface area contributed by atoms with Gasteiger partial charge in [-0.2, -0.15) is 0 Å². The smallest absolute Gasteiger partial charge is 0.124 e. The molecule has 0 bridgehead atoms. The fourth-order valence-electron chi connectivity index (χ4n) is 1.99. The first-order valence-corrected chi connectivity index (χ1v) is 7.52. The van der Waals surface area contributed by atoms with Gasteiger partial charge in [0.15, 0.2) is 0 Å². The molecule has 2 nitrogen and oxygen atoms in total. The van der Waals surface area contributed by atoms with Crippen LogP contribution in [0.3, 0.4) is 0 Å². The van der Waals surface area contributed by atoms with E-state index in [0.29, 0.717) is 27.8 Å². The van der Waals surface area contributed by atoms with Crippen LogP contribution in [0.5, 0.6) is 5.75 Å². The van der Waals surface area contributed by atoms with E-state index in [4.69, 9.17) is 27.9 Å². The van der Waals surface area contributed by atoms with Gasteiger partial charge in [0.2, 0.25) is 0 Å². The van der Waals surface area contributed by atoms with E-state index >= 15 is 0 Å². The van der Waals surface area contributed by atoms with Gasteiger partial charge in [-0.3, -0.25) is 0 Å². The standard InChI is InChI=1S/C15H13BrCl2O2/c1-20-14-6-5-10(16)8-11(14)13(19)7-9-3-2-4-12(17)15(9)18/h2-6,8,13,19H,7H2,1H3. The second-order valence-electron chi connectivity index (χ2n) is 4.32. The van der Waals surface area contributed by atoms with Gasteiger partial charge in [-0.25, -0.2) is 0 Å². The Morgan fingerprint density at radius 1 is 1.25 bits per heavy atom. The Morgan fingerprint density at radius 3 is 2.70 bits per heavy atom. The summed E-state index contributed by atoms with van der Waals surface area (Å²) in [5.74, 6) is 0.638. The maximum atomic E-state index is 10.4. The van der Waals surface area contributed by atoms with Crippen LogP contribution >= 0.6 is 39.1 Å². The van der Waals surface area contributed by atoms with Gasteiger partial charge in [0.05, 0.1) is 23.3 Å². The fraction of sp³-hybridized carbons (Fsp3) is 0.200. The largest absolute Gasteiger partial charge is 0.496 e. The Balaban J connectivity index is 2.30. The Kier molecular flexibility index (Phi) is 5.33. The summed E-state index contributed by atoms with van der Waals surface area (Å²) in [4.78, 5) is 0. The Morgan fingerprint density at radius 2 is 2.00 bits per heavy atom. The SMILES string of the molecule is COc1ccc(Br)cc1C(O)Cc1cccc(Cl)c1Cl. The topological polar surface area (TPSA) is 29.5 Å². The second kappa shape index (κ2) is 6.81. The van der Waals surface area contributed by atoms with Crippen molar-refractivity contribution in [2.24, 2.45) is 0 Å². The second-order valence-corrected chi connectivity index (χ2v) is 6.02. The molecule has 5 heteroatoms. The summed E-state index contributed by atoms with van der Waals surface area (Å²) in [6.07, 6.45) is -0.356. The summed E-state index contributed by atoms with van der Waals surface area (Å²) in [6, 6.07) is 10.9. The summed E-state index contributed by atoms with van der Waals surface area (Å²) in [5, 5.41) is 11.4. The minimum atomic E-state index is -0.724. The summed E-state index contributed by atoms with van der Waals surface area (Å²) in [7, 11) is 1.58. The Bertz CT molecular complexity index is 617. The highest BCUT2D eigenvalue weighted by atomic mass is 79.9. The van der Waals surface area contributed by atoms with Gasteiger partial charge in [0.25, 0.3) is 0 Å². The molecule has 0 spiro atoms. The Labute approximate surface area is 136 Å². The van der Waals surface area contributed by atoms with Crippen LogP contribution in [0.4, 0.5) is 0 Å². The van der Waals surface area contributed by atoms with E-state index in [-0.39, 0.29) is 0 Å². The van der Waals surface area contributed by atoms with Gasteiger partial charge >= 0.3 is 0 Å². The average molecular weight is 376 g/mol. The molecule has 0 aliphatic rings. The molecule has 2 aromatic carbocycles. The van der Waals surface area contributed by atoms with Crippen LogP contribution < -0.4 is 4.74 Å². The fourth-order valence-corrected chi connectivity index (χ4v) is 2.77. The summed E-state index contributed by atoms with van der Waals surface area (Å²) < 4.78 is 6.15. The molecule has 0 aliphatic carbocycles. The molecule has 20 heavy (non-hydrogen) atoms. The zero-order valence-electron chi connectivity index (χ0n) is 10.7. The molecule has 1 atom stereocenters. The first kappa shape index (κ1) is 15.6. The van der Waals surface area contributed by atoms with Crippen molar-refractivity contribution in [2.45, 2.75) is 12.5 Å². The zero-order valence-corrected chi connectivity index (χ0v) is 13.8. The molecule has 0 saturated heterocycles. The van der Waals surface area contributed by atoms with Crippen LogP contribution in [-0.4, -0.2) is 12.2 Å². The molecule has 106 valence electrons. The normalized spacial score (nSPS) is 12.2. The average Bonchev–Trinajstić information content (AvgIpc) is 2.43. The molecule has 0 amide bonds. The van der Waals surface area contributed by atoms with Gasteiger partial charge in [-0.05, 0) is 29.8 Å². The number of methoxy groups -OCH3 is 1. The van der Waals surface area contributed by atoms with E-state index < -0.39 is 6.10 Å². The number of halogens is 3. The molecule has 1 N–H and O–H groups in total. The van der Waals surface area contributed by atoms with Crippen molar-refractivity contribution in [3.05, 3.63) is 62.0 Å². The maximum absolute atomic E-state index is 10.4. The number of hydrogen-bond acceptors (Lipinski definition) is 2. The lowest BCUT2D eigenvalue weighted by Gasteiger charge is -2.16. The number of rotatable bonds is 4. The molecular weight excluding hydrogens is 363 g/mol. The molecule has 0 heterocycles. The highest BCUT2D eigenvalue weighted by Crippen LogP contribution is 2.33. The van der Waals surface area contributed by atoms with Crippen molar-refractivity contribution in [2.75, 3.05) is 7.11 Å². The van der Waals surface area contributed by atoms with E-state index in [9.17, 15) is 5.11 Å². The number of ether oxygens (including phenoxy) is 1. The van der Waals surface area contributed by atoms with Crippen molar-refractivity contribution in [1.29, 1.82) is 0 Å². The van der Waals surface area contributed by atoms with Crippen LogP contribution in [0.25, 0.3) is 0 Å². The monoisotopic (exact) mass is 374 g/mol. The number of aliphatic hydroxyl groups excluding tert-OH is 1. The maximum Gasteiger partial charge on any atom is 0.124 e. The molecule has 2 aromatic rings. The van der Waals surface area contributed by atoms with Crippen LogP contribution in [-0.2, 0) is 6.42 Å². The van der Waals surface area contributed by atoms with Crippen molar-refractivity contribution in [1.82, 2.24) is 0 Å². The first-order chi connectivity index (χ1) is 9.52. The Hall–Kier alpha value is -0.740. The molecular formula is C15H13BrCl2O2. The van der Waals surface area contributed by atoms with E-state index in [1.54, 1.807) is 13.2 Å². The molecule has 0 saturated carbocycles. The van der Waals surface area contributed by atoms with Gasteiger partial charge in [0.1, 0.15) is 5.75 Å². The summed E-state index contributed by atoms with van der Waals surface area (Å²) in [5.41, 5.74) is 1.51. The van der Waals surface area contributed by atoms with Gasteiger partial charge in [-0.15, -0.1) is 0 Å². The van der Waals surface area contributed by atoms with E-state index in [1.165, 1.54) is 0 Å².